The monoisotopic (exact) mass is 357 g/mol. The average molecular weight is 357 g/mol. The predicted molar refractivity (Wildman–Crippen MR) is 99.6 cm³/mol. The molecule has 0 aliphatic heterocycles. The number of thioether (sulfide) groups is 1. The summed E-state index contributed by atoms with van der Waals surface area (Å²) in [7, 11) is 3.14. The van der Waals surface area contributed by atoms with Gasteiger partial charge in [-0.2, -0.15) is 0 Å². The zero-order chi connectivity index (χ0) is 17.8. The SMILES string of the molecule is COc1cc(NC(=O)C(C)Sc2nc3ccccc3[nH]2)cc(OC)c1. The third-order valence-electron chi connectivity index (χ3n) is 3.64. The van der Waals surface area contributed by atoms with Gasteiger partial charge in [-0.3, -0.25) is 4.79 Å². The van der Waals surface area contributed by atoms with Crippen LogP contribution in [0, 0.1) is 0 Å². The molecule has 0 saturated heterocycles. The number of methoxy groups -OCH3 is 2. The molecule has 2 aromatic carbocycles. The number of anilines is 1. The van der Waals surface area contributed by atoms with Crippen LogP contribution in [0.1, 0.15) is 6.92 Å². The topological polar surface area (TPSA) is 76.2 Å². The molecule has 1 aromatic heterocycles. The van der Waals surface area contributed by atoms with Gasteiger partial charge in [0.25, 0.3) is 0 Å². The molecule has 0 aliphatic carbocycles. The van der Waals surface area contributed by atoms with Gasteiger partial charge in [-0.1, -0.05) is 23.9 Å². The van der Waals surface area contributed by atoms with Crippen LogP contribution in [0.4, 0.5) is 5.69 Å². The minimum absolute atomic E-state index is 0.124. The van der Waals surface area contributed by atoms with Crippen molar-refractivity contribution in [1.29, 1.82) is 0 Å². The molecule has 2 N–H and O–H groups in total. The highest BCUT2D eigenvalue weighted by atomic mass is 32.2. The number of rotatable bonds is 6. The minimum atomic E-state index is -0.322. The van der Waals surface area contributed by atoms with Crippen LogP contribution in [0.2, 0.25) is 0 Å². The van der Waals surface area contributed by atoms with E-state index in [0.29, 0.717) is 22.3 Å². The Bertz CT molecular complexity index is 839. The molecule has 25 heavy (non-hydrogen) atoms. The van der Waals surface area contributed by atoms with E-state index in [-0.39, 0.29) is 11.2 Å². The first-order chi connectivity index (χ1) is 12.1. The average Bonchev–Trinajstić information content (AvgIpc) is 3.03. The van der Waals surface area contributed by atoms with Crippen LogP contribution in [0.3, 0.4) is 0 Å². The molecule has 0 bridgehead atoms. The van der Waals surface area contributed by atoms with Crippen molar-refractivity contribution < 1.29 is 14.3 Å². The fourth-order valence-corrected chi connectivity index (χ4v) is 3.15. The van der Waals surface area contributed by atoms with E-state index in [1.807, 2.05) is 31.2 Å². The second kappa shape index (κ2) is 7.48. The lowest BCUT2D eigenvalue weighted by Gasteiger charge is -2.12. The van der Waals surface area contributed by atoms with E-state index in [2.05, 4.69) is 15.3 Å². The second-order valence-corrected chi connectivity index (χ2v) is 6.74. The first kappa shape index (κ1) is 17.2. The van der Waals surface area contributed by atoms with Crippen LogP contribution in [0.25, 0.3) is 11.0 Å². The van der Waals surface area contributed by atoms with Gasteiger partial charge in [0.1, 0.15) is 11.5 Å². The molecule has 0 saturated carbocycles. The number of imidazole rings is 1. The maximum Gasteiger partial charge on any atom is 0.237 e. The number of hydrogen-bond acceptors (Lipinski definition) is 5. The van der Waals surface area contributed by atoms with Crippen molar-refractivity contribution in [3.05, 3.63) is 42.5 Å². The summed E-state index contributed by atoms with van der Waals surface area (Å²) in [6.45, 7) is 1.84. The lowest BCUT2D eigenvalue weighted by molar-refractivity contribution is -0.115. The van der Waals surface area contributed by atoms with Gasteiger partial charge in [-0.05, 0) is 19.1 Å². The van der Waals surface area contributed by atoms with Crippen LogP contribution in [0.5, 0.6) is 11.5 Å². The molecule has 3 rings (SSSR count). The Labute approximate surface area is 149 Å². The van der Waals surface area contributed by atoms with Gasteiger partial charge in [0, 0.05) is 23.9 Å². The summed E-state index contributed by atoms with van der Waals surface area (Å²) >= 11 is 1.38. The fraction of sp³-hybridized carbons (Fsp3) is 0.222. The number of nitrogens with one attached hydrogen (secondary N) is 2. The van der Waals surface area contributed by atoms with Gasteiger partial charge in [-0.25, -0.2) is 4.98 Å². The van der Waals surface area contributed by atoms with Crippen molar-refractivity contribution in [2.75, 3.05) is 19.5 Å². The van der Waals surface area contributed by atoms with Crippen LogP contribution in [0.15, 0.2) is 47.6 Å². The van der Waals surface area contributed by atoms with E-state index < -0.39 is 0 Å². The molecule has 1 unspecified atom stereocenters. The normalized spacial score (nSPS) is 12.0. The number of carbonyl (C=O) groups is 1. The number of amides is 1. The number of para-hydroxylation sites is 2. The number of aromatic nitrogens is 2. The van der Waals surface area contributed by atoms with Crippen molar-refractivity contribution in [3.8, 4) is 11.5 Å². The molecular weight excluding hydrogens is 338 g/mol. The molecule has 1 amide bonds. The van der Waals surface area contributed by atoms with Gasteiger partial charge >= 0.3 is 0 Å². The van der Waals surface area contributed by atoms with E-state index in [4.69, 9.17) is 9.47 Å². The smallest absolute Gasteiger partial charge is 0.237 e. The Hall–Kier alpha value is -2.67. The minimum Gasteiger partial charge on any atom is -0.497 e. The van der Waals surface area contributed by atoms with Crippen molar-refractivity contribution in [2.24, 2.45) is 0 Å². The van der Waals surface area contributed by atoms with Crippen molar-refractivity contribution in [1.82, 2.24) is 9.97 Å². The maximum absolute atomic E-state index is 12.5. The maximum atomic E-state index is 12.5. The third-order valence-corrected chi connectivity index (χ3v) is 4.63. The fourth-order valence-electron chi connectivity index (χ4n) is 2.33. The van der Waals surface area contributed by atoms with Crippen molar-refractivity contribution in [3.63, 3.8) is 0 Å². The first-order valence-corrected chi connectivity index (χ1v) is 8.62. The van der Waals surface area contributed by atoms with E-state index in [1.165, 1.54) is 11.8 Å². The van der Waals surface area contributed by atoms with Crippen molar-refractivity contribution >= 4 is 34.4 Å². The highest BCUT2D eigenvalue weighted by molar-refractivity contribution is 8.00. The molecular formula is C18H19N3O3S. The summed E-state index contributed by atoms with van der Waals surface area (Å²) in [6.07, 6.45) is 0. The van der Waals surface area contributed by atoms with Crippen molar-refractivity contribution in [2.45, 2.75) is 17.3 Å². The van der Waals surface area contributed by atoms with Gasteiger partial charge < -0.3 is 19.8 Å². The van der Waals surface area contributed by atoms with Gasteiger partial charge in [-0.15, -0.1) is 0 Å². The third kappa shape index (κ3) is 4.06. The molecule has 7 heteroatoms. The summed E-state index contributed by atoms with van der Waals surface area (Å²) in [5, 5.41) is 3.28. The summed E-state index contributed by atoms with van der Waals surface area (Å²) in [4.78, 5) is 20.2. The predicted octanol–water partition coefficient (Wildman–Crippen LogP) is 3.70. The Morgan fingerprint density at radius 3 is 2.48 bits per heavy atom. The number of nitrogens with zero attached hydrogens (tertiary/aromatic N) is 1. The lowest BCUT2D eigenvalue weighted by atomic mass is 10.2. The number of hydrogen-bond donors (Lipinski definition) is 2. The number of benzene rings is 2. The van der Waals surface area contributed by atoms with Gasteiger partial charge in [0.15, 0.2) is 5.16 Å². The molecule has 1 heterocycles. The molecule has 0 spiro atoms. The van der Waals surface area contributed by atoms with Gasteiger partial charge in [0.05, 0.1) is 30.5 Å². The lowest BCUT2D eigenvalue weighted by Crippen LogP contribution is -2.22. The number of aromatic amines is 1. The quantitative estimate of drug-likeness (QED) is 0.658. The summed E-state index contributed by atoms with van der Waals surface area (Å²) in [5.74, 6) is 1.11. The van der Waals surface area contributed by atoms with Crippen LogP contribution in [-0.4, -0.2) is 35.3 Å². The number of ether oxygens (including phenoxy) is 2. The van der Waals surface area contributed by atoms with E-state index in [1.54, 1.807) is 32.4 Å². The second-order valence-electron chi connectivity index (χ2n) is 5.41. The van der Waals surface area contributed by atoms with E-state index in [9.17, 15) is 4.79 Å². The van der Waals surface area contributed by atoms with E-state index >= 15 is 0 Å². The van der Waals surface area contributed by atoms with Crippen LogP contribution < -0.4 is 14.8 Å². The highest BCUT2D eigenvalue weighted by Crippen LogP contribution is 2.28. The molecule has 0 fully saturated rings. The first-order valence-electron chi connectivity index (χ1n) is 7.74. The molecule has 0 radical (unpaired) electrons. The molecule has 0 aliphatic rings. The Morgan fingerprint density at radius 1 is 1.16 bits per heavy atom. The van der Waals surface area contributed by atoms with Crippen LogP contribution in [-0.2, 0) is 4.79 Å². The molecule has 3 aromatic rings. The number of H-pyrrole nitrogens is 1. The molecule has 130 valence electrons. The van der Waals surface area contributed by atoms with Gasteiger partial charge in [0.2, 0.25) is 5.91 Å². The Kier molecular flexibility index (Phi) is 5.14. The number of carbonyl (C=O) groups excluding carboxylic acids is 1. The standard InChI is InChI=1S/C18H19N3O3S/c1-11(25-18-20-15-6-4-5-7-16(15)21-18)17(22)19-12-8-13(23-2)10-14(9-12)24-3/h4-11H,1-3H3,(H,19,22)(H,20,21). The van der Waals surface area contributed by atoms with Crippen LogP contribution >= 0.6 is 11.8 Å². The summed E-state index contributed by atoms with van der Waals surface area (Å²) in [6, 6.07) is 13.0. The Morgan fingerprint density at radius 2 is 1.84 bits per heavy atom. The molecule has 1 atom stereocenters. The largest absolute Gasteiger partial charge is 0.497 e. The number of fused-ring (bicyclic) bond motifs is 1. The Balaban J connectivity index is 1.70. The summed E-state index contributed by atoms with van der Waals surface area (Å²) in [5.41, 5.74) is 2.46. The molecule has 6 nitrogen and oxygen atoms in total. The highest BCUT2D eigenvalue weighted by Gasteiger charge is 2.17. The zero-order valence-electron chi connectivity index (χ0n) is 14.2. The zero-order valence-corrected chi connectivity index (χ0v) is 15.0. The van der Waals surface area contributed by atoms with E-state index in [0.717, 1.165) is 11.0 Å². The summed E-state index contributed by atoms with van der Waals surface area (Å²) < 4.78 is 10.4.